The van der Waals surface area contributed by atoms with E-state index in [0.29, 0.717) is 22.7 Å². The Morgan fingerprint density at radius 1 is 0.837 bits per heavy atom. The van der Waals surface area contributed by atoms with Gasteiger partial charge >= 0.3 is 6.09 Å². The number of methoxy groups -OCH3 is 1. The molecule has 0 saturated carbocycles. The first kappa shape index (κ1) is 32.2. The minimum Gasteiger partial charge on any atom is -0.495 e. The summed E-state index contributed by atoms with van der Waals surface area (Å²) in [6, 6.07) is 33.0. The van der Waals surface area contributed by atoms with Crippen LogP contribution >= 0.6 is 11.6 Å². The van der Waals surface area contributed by atoms with Gasteiger partial charge in [0.2, 0.25) is 0 Å². The highest BCUT2D eigenvalue weighted by Crippen LogP contribution is 2.45. The van der Waals surface area contributed by atoms with Crippen molar-refractivity contribution >= 4 is 45.0 Å². The SMILES string of the molecule is COc1ccc(S(=O)(=O)Nc2ccc(Cl)cc2)cc1NC(=O)C1c2ccccc2CCN1C(=O)OCC1c2ccccc2-c2ccccc21. The summed E-state index contributed by atoms with van der Waals surface area (Å²) in [5.41, 5.74) is 6.44. The van der Waals surface area contributed by atoms with E-state index in [2.05, 4.69) is 22.2 Å². The number of benzene rings is 5. The van der Waals surface area contributed by atoms with Crippen molar-refractivity contribution in [2.75, 3.05) is 30.3 Å². The summed E-state index contributed by atoms with van der Waals surface area (Å²) in [4.78, 5) is 29.4. The van der Waals surface area contributed by atoms with Crippen molar-refractivity contribution in [3.63, 3.8) is 0 Å². The van der Waals surface area contributed by atoms with Crippen LogP contribution in [0.4, 0.5) is 16.2 Å². The molecule has 1 aliphatic heterocycles. The van der Waals surface area contributed by atoms with E-state index in [1.807, 2.05) is 60.7 Å². The van der Waals surface area contributed by atoms with Gasteiger partial charge in [0, 0.05) is 23.2 Å². The molecule has 0 aromatic heterocycles. The molecule has 0 spiro atoms. The van der Waals surface area contributed by atoms with E-state index in [9.17, 15) is 18.0 Å². The van der Waals surface area contributed by atoms with Gasteiger partial charge < -0.3 is 14.8 Å². The number of carbonyl (C=O) groups excluding carboxylic acids is 2. The van der Waals surface area contributed by atoms with Crippen molar-refractivity contribution in [1.82, 2.24) is 4.90 Å². The minimum absolute atomic E-state index is 0.101. The number of anilines is 2. The first-order chi connectivity index (χ1) is 23.7. The van der Waals surface area contributed by atoms with Gasteiger partial charge in [0.15, 0.2) is 0 Å². The highest BCUT2D eigenvalue weighted by molar-refractivity contribution is 7.92. The fourth-order valence-electron chi connectivity index (χ4n) is 6.61. The maximum atomic E-state index is 14.2. The lowest BCUT2D eigenvalue weighted by Crippen LogP contribution is -2.45. The number of sulfonamides is 1. The van der Waals surface area contributed by atoms with E-state index >= 15 is 0 Å². The second kappa shape index (κ2) is 13.3. The summed E-state index contributed by atoms with van der Waals surface area (Å²) in [6.45, 7) is 0.357. The molecule has 2 N–H and O–H groups in total. The first-order valence-corrected chi connectivity index (χ1v) is 17.6. The molecule has 0 saturated heterocycles. The number of fused-ring (bicyclic) bond motifs is 4. The summed E-state index contributed by atoms with van der Waals surface area (Å²) in [6.07, 6.45) is -0.0793. The molecular weight excluding hydrogens is 662 g/mol. The highest BCUT2D eigenvalue weighted by atomic mass is 35.5. The third-order valence-electron chi connectivity index (χ3n) is 8.94. The number of ether oxygens (including phenoxy) is 2. The molecule has 2 aliphatic rings. The third kappa shape index (κ3) is 6.32. The number of hydrogen-bond acceptors (Lipinski definition) is 6. The van der Waals surface area contributed by atoms with E-state index in [-0.39, 0.29) is 35.4 Å². The summed E-state index contributed by atoms with van der Waals surface area (Å²) < 4.78 is 40.6. The van der Waals surface area contributed by atoms with Crippen LogP contribution in [0.15, 0.2) is 120 Å². The van der Waals surface area contributed by atoms with Gasteiger partial charge in [0.25, 0.3) is 15.9 Å². The molecule has 248 valence electrons. The van der Waals surface area contributed by atoms with Gasteiger partial charge in [-0.2, -0.15) is 0 Å². The van der Waals surface area contributed by atoms with Crippen LogP contribution in [0.2, 0.25) is 5.02 Å². The Kier molecular flexibility index (Phi) is 8.75. The van der Waals surface area contributed by atoms with Gasteiger partial charge in [-0.25, -0.2) is 13.2 Å². The number of amides is 2. The van der Waals surface area contributed by atoms with Crippen LogP contribution in [-0.4, -0.2) is 45.6 Å². The smallest absolute Gasteiger partial charge is 0.410 e. The zero-order chi connectivity index (χ0) is 34.1. The zero-order valence-corrected chi connectivity index (χ0v) is 28.0. The molecule has 5 aromatic carbocycles. The third-order valence-corrected chi connectivity index (χ3v) is 10.6. The largest absolute Gasteiger partial charge is 0.495 e. The van der Waals surface area contributed by atoms with Crippen molar-refractivity contribution in [1.29, 1.82) is 0 Å². The number of hydrogen-bond donors (Lipinski definition) is 2. The molecule has 5 aromatic rings. The van der Waals surface area contributed by atoms with Crippen LogP contribution in [0.3, 0.4) is 0 Å². The van der Waals surface area contributed by atoms with Crippen LogP contribution in [0, 0.1) is 0 Å². The molecule has 1 heterocycles. The number of nitrogens with zero attached hydrogens (tertiary/aromatic N) is 1. The quantitative estimate of drug-likeness (QED) is 0.173. The Hall–Kier alpha value is -5.32. The summed E-state index contributed by atoms with van der Waals surface area (Å²) in [5, 5.41) is 3.31. The van der Waals surface area contributed by atoms with Crippen molar-refractivity contribution < 1.29 is 27.5 Å². The molecule has 49 heavy (non-hydrogen) atoms. The Morgan fingerprint density at radius 3 is 2.14 bits per heavy atom. The van der Waals surface area contributed by atoms with Crippen molar-refractivity contribution in [3.8, 4) is 16.9 Å². The molecular formula is C38H32ClN3O6S. The van der Waals surface area contributed by atoms with E-state index in [1.165, 1.54) is 30.2 Å². The van der Waals surface area contributed by atoms with Crippen LogP contribution < -0.4 is 14.8 Å². The lowest BCUT2D eigenvalue weighted by molar-refractivity contribution is -0.121. The van der Waals surface area contributed by atoms with Gasteiger partial charge in [0.1, 0.15) is 18.4 Å². The van der Waals surface area contributed by atoms with Crippen LogP contribution in [-0.2, 0) is 26.0 Å². The zero-order valence-electron chi connectivity index (χ0n) is 26.4. The summed E-state index contributed by atoms with van der Waals surface area (Å²) in [5.74, 6) is -0.439. The lowest BCUT2D eigenvalue weighted by atomic mass is 9.92. The average Bonchev–Trinajstić information content (AvgIpc) is 3.44. The highest BCUT2D eigenvalue weighted by Gasteiger charge is 2.38. The Bertz CT molecular complexity index is 2130. The van der Waals surface area contributed by atoms with E-state index in [4.69, 9.17) is 21.1 Å². The summed E-state index contributed by atoms with van der Waals surface area (Å²) >= 11 is 5.95. The van der Waals surface area contributed by atoms with Crippen molar-refractivity contribution in [2.24, 2.45) is 0 Å². The van der Waals surface area contributed by atoms with E-state index < -0.39 is 28.1 Å². The summed E-state index contributed by atoms with van der Waals surface area (Å²) in [7, 11) is -2.63. The van der Waals surface area contributed by atoms with Crippen LogP contribution in [0.25, 0.3) is 11.1 Å². The predicted molar refractivity (Wildman–Crippen MR) is 189 cm³/mol. The van der Waals surface area contributed by atoms with Gasteiger partial charge in [-0.3, -0.25) is 14.4 Å². The molecule has 7 rings (SSSR count). The van der Waals surface area contributed by atoms with Gasteiger partial charge in [-0.1, -0.05) is 84.4 Å². The van der Waals surface area contributed by atoms with Gasteiger partial charge in [0.05, 0.1) is 17.7 Å². The number of halogens is 1. The fraction of sp³-hybridized carbons (Fsp3) is 0.158. The topological polar surface area (TPSA) is 114 Å². The molecule has 0 bridgehead atoms. The molecule has 2 amide bonds. The van der Waals surface area contributed by atoms with Crippen LogP contribution in [0.5, 0.6) is 5.75 Å². The Balaban J connectivity index is 1.15. The molecule has 0 fully saturated rings. The number of carbonyl (C=O) groups is 2. The molecule has 0 radical (unpaired) electrons. The predicted octanol–water partition coefficient (Wildman–Crippen LogP) is 7.64. The second-order valence-corrected chi connectivity index (χ2v) is 13.9. The standard InChI is InChI=1S/C38H32ClN3O6S/c1-47-35-19-18-27(49(45,46)41-26-16-14-25(39)15-17-26)22-34(35)40-37(43)36-28-9-3-2-8-24(28)20-21-42(36)38(44)48-23-33-31-12-6-4-10-29(31)30-11-5-7-13-32(30)33/h2-19,22,33,36,41H,20-21,23H2,1H3,(H,40,43). The Labute approximate surface area is 289 Å². The first-order valence-electron chi connectivity index (χ1n) is 15.7. The van der Waals surface area contributed by atoms with Gasteiger partial charge in [-0.15, -0.1) is 0 Å². The van der Waals surface area contributed by atoms with Crippen molar-refractivity contribution in [3.05, 3.63) is 143 Å². The van der Waals surface area contributed by atoms with Gasteiger partial charge in [-0.05, 0) is 82.3 Å². The maximum absolute atomic E-state index is 14.2. The number of rotatable bonds is 8. The molecule has 11 heteroatoms. The normalized spacial score (nSPS) is 15.1. The fourth-order valence-corrected chi connectivity index (χ4v) is 7.82. The number of nitrogens with one attached hydrogen (secondary N) is 2. The molecule has 1 atom stereocenters. The monoisotopic (exact) mass is 693 g/mol. The Morgan fingerprint density at radius 2 is 1.47 bits per heavy atom. The average molecular weight is 694 g/mol. The molecule has 1 aliphatic carbocycles. The molecule has 9 nitrogen and oxygen atoms in total. The van der Waals surface area contributed by atoms with Crippen molar-refractivity contribution in [2.45, 2.75) is 23.3 Å². The van der Waals surface area contributed by atoms with E-state index in [0.717, 1.165) is 27.8 Å². The lowest BCUT2D eigenvalue weighted by Gasteiger charge is -2.36. The second-order valence-electron chi connectivity index (χ2n) is 11.8. The van der Waals surface area contributed by atoms with E-state index in [1.54, 1.807) is 24.3 Å². The van der Waals surface area contributed by atoms with Crippen LogP contribution in [0.1, 0.15) is 34.2 Å². The molecule has 1 unspecified atom stereocenters. The maximum Gasteiger partial charge on any atom is 0.410 e. The minimum atomic E-state index is -4.05.